The molecule has 0 fully saturated rings. The lowest BCUT2D eigenvalue weighted by molar-refractivity contribution is 0.571. The van der Waals surface area contributed by atoms with E-state index in [1.165, 1.54) is 10.1 Å². The van der Waals surface area contributed by atoms with Crippen molar-refractivity contribution in [3.63, 3.8) is 0 Å². The summed E-state index contributed by atoms with van der Waals surface area (Å²) in [5.74, 6) is 6.37. The fourth-order valence-corrected chi connectivity index (χ4v) is 2.02. The average Bonchev–Trinajstić information content (AvgIpc) is 2.61. The maximum absolute atomic E-state index is 4.32. The van der Waals surface area contributed by atoms with Gasteiger partial charge in [0.05, 0.1) is 0 Å². The summed E-state index contributed by atoms with van der Waals surface area (Å²) >= 11 is 1.73. The number of rotatable bonds is 0. The van der Waals surface area contributed by atoms with E-state index in [2.05, 4.69) is 49.0 Å². The fourth-order valence-electron chi connectivity index (χ4n) is 1.24. The summed E-state index contributed by atoms with van der Waals surface area (Å²) in [6.45, 7) is 6.31. The first kappa shape index (κ1) is 10.2. The Morgan fingerprint density at radius 2 is 2.07 bits per heavy atom. The molecule has 2 heterocycles. The molecular formula is C13H13NS. The van der Waals surface area contributed by atoms with E-state index < -0.39 is 0 Å². The van der Waals surface area contributed by atoms with Gasteiger partial charge >= 0.3 is 0 Å². The van der Waals surface area contributed by atoms with Crippen molar-refractivity contribution < 1.29 is 0 Å². The molecule has 0 atom stereocenters. The maximum atomic E-state index is 4.32. The van der Waals surface area contributed by atoms with Crippen LogP contribution < -0.4 is 0 Å². The highest BCUT2D eigenvalue weighted by Gasteiger charge is 2.05. The predicted octanol–water partition coefficient (Wildman–Crippen LogP) is 3.69. The van der Waals surface area contributed by atoms with Crippen LogP contribution in [0.25, 0.3) is 10.1 Å². The van der Waals surface area contributed by atoms with Gasteiger partial charge in [-0.3, -0.25) is 0 Å². The Kier molecular flexibility index (Phi) is 2.50. The van der Waals surface area contributed by atoms with Crippen molar-refractivity contribution in [3.8, 4) is 11.8 Å². The zero-order valence-electron chi connectivity index (χ0n) is 9.16. The minimum atomic E-state index is 0.0276. The molecule has 2 aromatic rings. The van der Waals surface area contributed by atoms with E-state index in [9.17, 15) is 0 Å². The van der Waals surface area contributed by atoms with Crippen molar-refractivity contribution in [3.05, 3.63) is 29.4 Å². The number of pyridine rings is 1. The Morgan fingerprint density at radius 1 is 1.27 bits per heavy atom. The third-order valence-corrected chi connectivity index (χ3v) is 2.82. The van der Waals surface area contributed by atoms with E-state index in [0.717, 1.165) is 5.69 Å². The van der Waals surface area contributed by atoms with Crippen LogP contribution in [0.3, 0.4) is 0 Å². The van der Waals surface area contributed by atoms with Crippen LogP contribution in [0.1, 0.15) is 26.5 Å². The molecule has 0 saturated heterocycles. The second-order valence-electron chi connectivity index (χ2n) is 4.49. The molecule has 0 aliphatic rings. The summed E-state index contributed by atoms with van der Waals surface area (Å²) in [5.41, 5.74) is 0.920. The van der Waals surface area contributed by atoms with Gasteiger partial charge in [0.15, 0.2) is 0 Å². The third-order valence-electron chi connectivity index (χ3n) is 1.94. The van der Waals surface area contributed by atoms with Crippen molar-refractivity contribution >= 4 is 21.4 Å². The van der Waals surface area contributed by atoms with E-state index >= 15 is 0 Å². The molecule has 0 aliphatic carbocycles. The molecule has 0 aliphatic heterocycles. The molecular weight excluding hydrogens is 202 g/mol. The van der Waals surface area contributed by atoms with Crippen LogP contribution in [0, 0.1) is 17.3 Å². The molecule has 0 aromatic carbocycles. The number of hydrogen-bond donors (Lipinski definition) is 0. The number of aromatic nitrogens is 1. The highest BCUT2D eigenvalue weighted by atomic mass is 32.1. The summed E-state index contributed by atoms with van der Waals surface area (Å²) in [7, 11) is 0. The zero-order chi connectivity index (χ0) is 10.9. The third kappa shape index (κ3) is 2.37. The normalized spacial score (nSPS) is 11.1. The zero-order valence-corrected chi connectivity index (χ0v) is 9.98. The molecule has 0 radical (unpaired) electrons. The summed E-state index contributed by atoms with van der Waals surface area (Å²) in [6.07, 6.45) is 1.82. The number of nitrogens with zero attached hydrogens (tertiary/aromatic N) is 1. The summed E-state index contributed by atoms with van der Waals surface area (Å²) < 4.78 is 1.25. The monoisotopic (exact) mass is 215 g/mol. The second-order valence-corrected chi connectivity index (χ2v) is 5.44. The van der Waals surface area contributed by atoms with E-state index in [4.69, 9.17) is 0 Å². The second kappa shape index (κ2) is 3.67. The number of hydrogen-bond acceptors (Lipinski definition) is 2. The molecule has 0 amide bonds. The van der Waals surface area contributed by atoms with Crippen LogP contribution in [0.5, 0.6) is 0 Å². The highest BCUT2D eigenvalue weighted by molar-refractivity contribution is 7.17. The maximum Gasteiger partial charge on any atom is 0.121 e. The summed E-state index contributed by atoms with van der Waals surface area (Å²) in [5, 5.41) is 3.24. The molecule has 76 valence electrons. The number of fused-ring (bicyclic) bond motifs is 1. The lowest BCUT2D eigenvalue weighted by Gasteiger charge is -2.06. The van der Waals surface area contributed by atoms with Gasteiger partial charge in [0, 0.05) is 21.7 Å². The number of thiophene rings is 1. The lowest BCUT2D eigenvalue weighted by atomic mass is 9.98. The molecule has 2 heteroatoms. The Bertz CT molecular complexity index is 535. The smallest absolute Gasteiger partial charge is 0.121 e. The molecule has 2 aromatic heterocycles. The lowest BCUT2D eigenvalue weighted by Crippen LogP contribution is -1.99. The molecule has 0 unspecified atom stereocenters. The first-order valence-electron chi connectivity index (χ1n) is 4.92. The standard InChI is InChI=1S/C13H13NS/c1-13(2,3)7-4-11-10-6-9-15-12(10)5-8-14-11/h5-6,8-9H,1-3H3. The largest absolute Gasteiger partial charge is 0.247 e. The first-order chi connectivity index (χ1) is 7.06. The van der Waals surface area contributed by atoms with Crippen molar-refractivity contribution in [1.29, 1.82) is 0 Å². The van der Waals surface area contributed by atoms with Gasteiger partial charge in [-0.25, -0.2) is 4.98 Å². The van der Waals surface area contributed by atoms with E-state index in [0.29, 0.717) is 0 Å². The molecule has 0 spiro atoms. The molecule has 15 heavy (non-hydrogen) atoms. The van der Waals surface area contributed by atoms with Crippen LogP contribution in [0.15, 0.2) is 23.7 Å². The van der Waals surface area contributed by atoms with E-state index in [1.54, 1.807) is 11.3 Å². The average molecular weight is 215 g/mol. The van der Waals surface area contributed by atoms with Gasteiger partial charge in [-0.1, -0.05) is 5.92 Å². The van der Waals surface area contributed by atoms with Crippen LogP contribution in [-0.2, 0) is 0 Å². The summed E-state index contributed by atoms with van der Waals surface area (Å²) in [6, 6.07) is 4.11. The van der Waals surface area contributed by atoms with Gasteiger partial charge < -0.3 is 0 Å². The van der Waals surface area contributed by atoms with Crippen LogP contribution >= 0.6 is 11.3 Å². The van der Waals surface area contributed by atoms with Gasteiger partial charge in [0.25, 0.3) is 0 Å². The van der Waals surface area contributed by atoms with E-state index in [-0.39, 0.29) is 5.41 Å². The van der Waals surface area contributed by atoms with Gasteiger partial charge in [-0.15, -0.1) is 11.3 Å². The predicted molar refractivity (Wildman–Crippen MR) is 66.0 cm³/mol. The Hall–Kier alpha value is -1.33. The van der Waals surface area contributed by atoms with Crippen molar-refractivity contribution in [1.82, 2.24) is 4.98 Å². The van der Waals surface area contributed by atoms with Crippen LogP contribution in [0.2, 0.25) is 0 Å². The Morgan fingerprint density at radius 3 is 2.80 bits per heavy atom. The van der Waals surface area contributed by atoms with Crippen LogP contribution in [0.4, 0.5) is 0 Å². The van der Waals surface area contributed by atoms with Crippen LogP contribution in [-0.4, -0.2) is 4.98 Å². The Labute approximate surface area is 94.2 Å². The first-order valence-corrected chi connectivity index (χ1v) is 5.80. The summed E-state index contributed by atoms with van der Waals surface area (Å²) in [4.78, 5) is 4.32. The SMILES string of the molecule is CC(C)(C)C#Cc1nccc2sccc12. The van der Waals surface area contributed by atoms with Gasteiger partial charge in [0.2, 0.25) is 0 Å². The fraction of sp³-hybridized carbons (Fsp3) is 0.308. The van der Waals surface area contributed by atoms with Gasteiger partial charge in [-0.05, 0) is 44.2 Å². The molecule has 0 saturated carbocycles. The quantitative estimate of drug-likeness (QED) is 0.611. The molecule has 0 bridgehead atoms. The van der Waals surface area contributed by atoms with Gasteiger partial charge in [-0.2, -0.15) is 0 Å². The molecule has 1 nitrogen and oxygen atoms in total. The van der Waals surface area contributed by atoms with Crippen molar-refractivity contribution in [2.75, 3.05) is 0 Å². The minimum absolute atomic E-state index is 0.0276. The molecule has 0 N–H and O–H groups in total. The van der Waals surface area contributed by atoms with Gasteiger partial charge in [0.1, 0.15) is 5.69 Å². The minimum Gasteiger partial charge on any atom is -0.247 e. The highest BCUT2D eigenvalue weighted by Crippen LogP contribution is 2.22. The van der Waals surface area contributed by atoms with E-state index in [1.807, 2.05) is 12.3 Å². The topological polar surface area (TPSA) is 12.9 Å². The Balaban J connectivity index is 2.51. The van der Waals surface area contributed by atoms with Crippen molar-refractivity contribution in [2.45, 2.75) is 20.8 Å². The van der Waals surface area contributed by atoms with Crippen molar-refractivity contribution in [2.24, 2.45) is 5.41 Å². The molecule has 2 rings (SSSR count).